The Kier molecular flexibility index (Phi) is 7.03. The van der Waals surface area contributed by atoms with Gasteiger partial charge in [0, 0.05) is 42.8 Å². The van der Waals surface area contributed by atoms with Crippen LogP contribution in [0, 0.1) is 5.92 Å². The Morgan fingerprint density at radius 3 is 2.42 bits per heavy atom. The molecule has 0 spiro atoms. The van der Waals surface area contributed by atoms with E-state index in [9.17, 15) is 27.2 Å². The lowest BCUT2D eigenvalue weighted by atomic mass is 9.94. The predicted octanol–water partition coefficient (Wildman–Crippen LogP) is 4.54. The lowest BCUT2D eigenvalue weighted by Crippen LogP contribution is -2.47. The van der Waals surface area contributed by atoms with Crippen molar-refractivity contribution in [3.05, 3.63) is 36.0 Å². The number of aromatic nitrogens is 1. The number of carbonyl (C=O) groups excluding carboxylic acids is 2. The summed E-state index contributed by atoms with van der Waals surface area (Å²) in [4.78, 5) is 32.3. The van der Waals surface area contributed by atoms with Gasteiger partial charge in [-0.3, -0.25) is 9.78 Å². The van der Waals surface area contributed by atoms with Crippen LogP contribution >= 0.6 is 0 Å². The fraction of sp³-hybridized carbons (Fsp3) is 0.560. The number of likely N-dealkylation sites (tertiary alicyclic amines) is 1. The number of hydrogen-bond donors (Lipinski definition) is 1. The van der Waals surface area contributed by atoms with Crippen LogP contribution in [0.2, 0.25) is 0 Å². The minimum absolute atomic E-state index is 0.0329. The SMILES string of the molecule is CC(C)(C)OC(=O)N1C[C@H](F)[C@H](NC(=O)C2CCN(c3ccc(C(F)(F)F)c4ncccc34)CC2)C1. The Morgan fingerprint density at radius 2 is 1.78 bits per heavy atom. The molecular weight excluding hydrogens is 480 g/mol. The summed E-state index contributed by atoms with van der Waals surface area (Å²) in [6, 6.07) is 4.89. The first-order valence-corrected chi connectivity index (χ1v) is 12.0. The molecule has 0 unspecified atom stereocenters. The van der Waals surface area contributed by atoms with E-state index in [1.165, 1.54) is 17.2 Å². The molecule has 36 heavy (non-hydrogen) atoms. The van der Waals surface area contributed by atoms with Gasteiger partial charge in [-0.25, -0.2) is 9.18 Å². The van der Waals surface area contributed by atoms with Gasteiger partial charge < -0.3 is 19.9 Å². The summed E-state index contributed by atoms with van der Waals surface area (Å²) in [6.45, 7) is 5.98. The Bertz CT molecular complexity index is 1130. The van der Waals surface area contributed by atoms with Crippen molar-refractivity contribution in [2.45, 2.75) is 57.6 Å². The molecule has 2 aliphatic rings. The number of halogens is 4. The smallest absolute Gasteiger partial charge is 0.418 e. The zero-order valence-electron chi connectivity index (χ0n) is 20.4. The third-order valence-electron chi connectivity index (χ3n) is 6.49. The first-order valence-electron chi connectivity index (χ1n) is 12.0. The standard InChI is InChI=1S/C25H30F4N4O3/c1-24(2,3)36-23(35)33-13-18(26)19(14-33)31-22(34)15-8-11-32(12-9-15)20-7-6-17(25(27,28)29)21-16(20)5-4-10-30-21/h4-7,10,15,18-19H,8-9,11-14H2,1-3H3,(H,31,34)/t18-,19+/m0/s1. The van der Waals surface area contributed by atoms with E-state index in [1.54, 1.807) is 32.9 Å². The van der Waals surface area contributed by atoms with Gasteiger partial charge in [-0.15, -0.1) is 0 Å². The number of alkyl halides is 4. The number of ether oxygens (including phenoxy) is 1. The molecule has 3 heterocycles. The van der Waals surface area contributed by atoms with Gasteiger partial charge in [0.15, 0.2) is 0 Å². The van der Waals surface area contributed by atoms with Crippen LogP contribution in [0.3, 0.4) is 0 Å². The first kappa shape index (κ1) is 26.0. The molecule has 196 valence electrons. The number of hydrogen-bond acceptors (Lipinski definition) is 5. The fourth-order valence-corrected chi connectivity index (χ4v) is 4.72. The second kappa shape index (κ2) is 9.74. The van der Waals surface area contributed by atoms with Crippen LogP contribution in [-0.2, 0) is 15.7 Å². The normalized spacial score (nSPS) is 21.6. The summed E-state index contributed by atoms with van der Waals surface area (Å²) < 4.78 is 60.1. The first-order chi connectivity index (χ1) is 16.8. The molecule has 2 atom stereocenters. The molecule has 1 aromatic carbocycles. The maximum absolute atomic E-state index is 14.5. The number of benzene rings is 1. The van der Waals surface area contributed by atoms with Crippen LogP contribution in [0.5, 0.6) is 0 Å². The highest BCUT2D eigenvalue weighted by atomic mass is 19.4. The monoisotopic (exact) mass is 510 g/mol. The average molecular weight is 511 g/mol. The highest BCUT2D eigenvalue weighted by Crippen LogP contribution is 2.38. The summed E-state index contributed by atoms with van der Waals surface area (Å²) in [7, 11) is 0. The molecule has 1 N–H and O–H groups in total. The van der Waals surface area contributed by atoms with E-state index < -0.39 is 35.6 Å². The number of rotatable bonds is 3. The molecule has 11 heteroatoms. The molecule has 2 aliphatic heterocycles. The van der Waals surface area contributed by atoms with Gasteiger partial charge in [-0.1, -0.05) is 0 Å². The number of fused-ring (bicyclic) bond motifs is 1. The van der Waals surface area contributed by atoms with Gasteiger partial charge in [0.25, 0.3) is 0 Å². The molecule has 2 aromatic rings. The predicted molar refractivity (Wildman–Crippen MR) is 126 cm³/mol. The number of anilines is 1. The van der Waals surface area contributed by atoms with Crippen molar-refractivity contribution in [3.8, 4) is 0 Å². The maximum Gasteiger partial charge on any atom is 0.418 e. The quantitative estimate of drug-likeness (QED) is 0.614. The zero-order valence-corrected chi connectivity index (χ0v) is 20.4. The number of amides is 2. The lowest BCUT2D eigenvalue weighted by molar-refractivity contribution is -0.136. The number of carbonyl (C=O) groups is 2. The van der Waals surface area contributed by atoms with Gasteiger partial charge in [-0.2, -0.15) is 13.2 Å². The third kappa shape index (κ3) is 5.65. The van der Waals surface area contributed by atoms with Crippen molar-refractivity contribution in [1.29, 1.82) is 0 Å². The van der Waals surface area contributed by atoms with Gasteiger partial charge in [0.2, 0.25) is 5.91 Å². The Morgan fingerprint density at radius 1 is 1.08 bits per heavy atom. The summed E-state index contributed by atoms with van der Waals surface area (Å²) in [5.41, 5.74) is -0.953. The van der Waals surface area contributed by atoms with Gasteiger partial charge in [0.1, 0.15) is 11.8 Å². The third-order valence-corrected chi connectivity index (χ3v) is 6.49. The topological polar surface area (TPSA) is 74.8 Å². The van der Waals surface area contributed by atoms with E-state index in [0.717, 1.165) is 6.07 Å². The van der Waals surface area contributed by atoms with Crippen LogP contribution in [-0.4, -0.2) is 65.9 Å². The largest absolute Gasteiger partial charge is 0.444 e. The Hall–Kier alpha value is -3.11. The van der Waals surface area contributed by atoms with Crippen LogP contribution in [0.1, 0.15) is 39.2 Å². The molecule has 0 bridgehead atoms. The molecule has 7 nitrogen and oxygen atoms in total. The van der Waals surface area contributed by atoms with Crippen molar-refractivity contribution in [2.75, 3.05) is 31.1 Å². The molecule has 4 rings (SSSR count). The summed E-state index contributed by atoms with van der Waals surface area (Å²) >= 11 is 0. The molecule has 2 amide bonds. The van der Waals surface area contributed by atoms with E-state index in [-0.39, 0.29) is 30.4 Å². The fourth-order valence-electron chi connectivity index (χ4n) is 4.72. The number of nitrogens with zero attached hydrogens (tertiary/aromatic N) is 3. The van der Waals surface area contributed by atoms with Crippen LogP contribution in [0.25, 0.3) is 10.9 Å². The molecule has 2 saturated heterocycles. The van der Waals surface area contributed by atoms with Crippen molar-refractivity contribution in [3.63, 3.8) is 0 Å². The van der Waals surface area contributed by atoms with Crippen molar-refractivity contribution >= 4 is 28.6 Å². The highest BCUT2D eigenvalue weighted by Gasteiger charge is 2.39. The molecule has 0 radical (unpaired) electrons. The molecule has 0 saturated carbocycles. The average Bonchev–Trinajstić information content (AvgIpc) is 3.17. The van der Waals surface area contributed by atoms with Crippen molar-refractivity contribution < 1.29 is 31.9 Å². The summed E-state index contributed by atoms with van der Waals surface area (Å²) in [5, 5.41) is 3.14. The summed E-state index contributed by atoms with van der Waals surface area (Å²) in [5.74, 6) is -0.643. The molecule has 0 aliphatic carbocycles. The lowest BCUT2D eigenvalue weighted by Gasteiger charge is -2.34. The van der Waals surface area contributed by atoms with E-state index in [0.29, 0.717) is 37.0 Å². The summed E-state index contributed by atoms with van der Waals surface area (Å²) in [6.07, 6.45) is -4.25. The second-order valence-corrected chi connectivity index (χ2v) is 10.3. The Labute approximate surface area is 206 Å². The minimum Gasteiger partial charge on any atom is -0.444 e. The van der Waals surface area contributed by atoms with Crippen LogP contribution in [0.15, 0.2) is 30.5 Å². The highest BCUT2D eigenvalue weighted by molar-refractivity contribution is 5.94. The van der Waals surface area contributed by atoms with E-state index in [4.69, 9.17) is 4.74 Å². The maximum atomic E-state index is 14.5. The minimum atomic E-state index is -4.51. The Balaban J connectivity index is 1.37. The molecule has 1 aromatic heterocycles. The zero-order chi connectivity index (χ0) is 26.3. The molecular formula is C25H30F4N4O3. The number of nitrogens with one attached hydrogen (secondary N) is 1. The van der Waals surface area contributed by atoms with Gasteiger partial charge >= 0.3 is 12.3 Å². The number of piperidine rings is 1. The second-order valence-electron chi connectivity index (χ2n) is 10.3. The van der Waals surface area contributed by atoms with E-state index >= 15 is 0 Å². The van der Waals surface area contributed by atoms with Crippen LogP contribution in [0.4, 0.5) is 28.0 Å². The van der Waals surface area contributed by atoms with Crippen molar-refractivity contribution in [1.82, 2.24) is 15.2 Å². The number of pyridine rings is 1. The van der Waals surface area contributed by atoms with Crippen LogP contribution < -0.4 is 10.2 Å². The molecule has 2 fully saturated rings. The van der Waals surface area contributed by atoms with Gasteiger partial charge in [0.05, 0.1) is 23.7 Å². The van der Waals surface area contributed by atoms with E-state index in [1.807, 2.05) is 4.90 Å². The van der Waals surface area contributed by atoms with Gasteiger partial charge in [-0.05, 0) is 57.9 Å². The van der Waals surface area contributed by atoms with E-state index in [2.05, 4.69) is 10.3 Å². The van der Waals surface area contributed by atoms with Crippen molar-refractivity contribution in [2.24, 2.45) is 5.92 Å².